The number of hydrogen-bond acceptors (Lipinski definition) is 1. The predicted octanol–water partition coefficient (Wildman–Crippen LogP) is 2.58. The van der Waals surface area contributed by atoms with Gasteiger partial charge in [0.2, 0.25) is 5.91 Å². The lowest BCUT2D eigenvalue weighted by Crippen LogP contribution is -2.25. The molecule has 13 heavy (non-hydrogen) atoms. The molecule has 1 aliphatic carbocycles. The fourth-order valence-corrected chi connectivity index (χ4v) is 1.89. The molecule has 1 saturated carbocycles. The van der Waals surface area contributed by atoms with Crippen LogP contribution in [0.25, 0.3) is 0 Å². The molecule has 1 fully saturated rings. The number of hydrogen-bond donors (Lipinski definition) is 1. The molecule has 0 aromatic rings. The molecule has 0 bridgehead atoms. The Kier molecular flexibility index (Phi) is 6.65. The van der Waals surface area contributed by atoms with E-state index >= 15 is 0 Å². The molecule has 2 heteroatoms. The average molecular weight is 185 g/mol. The fraction of sp³-hybridized carbons (Fsp3) is 0.909. The van der Waals surface area contributed by atoms with Crippen molar-refractivity contribution in [2.75, 3.05) is 7.05 Å². The summed E-state index contributed by atoms with van der Waals surface area (Å²) in [6.45, 7) is 6.21. The zero-order chi connectivity index (χ0) is 10.3. The monoisotopic (exact) mass is 185 g/mol. The van der Waals surface area contributed by atoms with Crippen molar-refractivity contribution in [3.05, 3.63) is 0 Å². The number of nitrogens with one attached hydrogen (secondary N) is 1. The Labute approximate surface area is 82.1 Å². The predicted molar refractivity (Wildman–Crippen MR) is 56.5 cm³/mol. The highest BCUT2D eigenvalue weighted by Gasteiger charge is 2.27. The van der Waals surface area contributed by atoms with Gasteiger partial charge in [-0.2, -0.15) is 0 Å². The first kappa shape index (κ1) is 12.5. The van der Waals surface area contributed by atoms with E-state index in [1.807, 2.05) is 13.8 Å². The van der Waals surface area contributed by atoms with Gasteiger partial charge < -0.3 is 5.32 Å². The van der Waals surface area contributed by atoms with Crippen molar-refractivity contribution in [2.45, 2.75) is 46.5 Å². The van der Waals surface area contributed by atoms with Crippen LogP contribution in [-0.2, 0) is 4.79 Å². The molecule has 2 nitrogen and oxygen atoms in total. The van der Waals surface area contributed by atoms with Gasteiger partial charge in [-0.3, -0.25) is 4.79 Å². The molecule has 1 N–H and O–H groups in total. The molecule has 2 unspecified atom stereocenters. The molecule has 0 heterocycles. The molecule has 0 spiro atoms. The van der Waals surface area contributed by atoms with Crippen molar-refractivity contribution in [3.63, 3.8) is 0 Å². The molecule has 0 aromatic heterocycles. The Bertz CT molecular complexity index is 145. The van der Waals surface area contributed by atoms with Gasteiger partial charge in [-0.05, 0) is 25.2 Å². The van der Waals surface area contributed by atoms with Crippen molar-refractivity contribution in [1.82, 2.24) is 5.32 Å². The summed E-state index contributed by atoms with van der Waals surface area (Å²) in [5.41, 5.74) is 0. The van der Waals surface area contributed by atoms with Gasteiger partial charge in [-0.15, -0.1) is 0 Å². The molecule has 1 aliphatic rings. The Morgan fingerprint density at radius 1 is 1.38 bits per heavy atom. The first-order valence-corrected chi connectivity index (χ1v) is 5.49. The van der Waals surface area contributed by atoms with Crippen LogP contribution in [0, 0.1) is 11.8 Å². The summed E-state index contributed by atoms with van der Waals surface area (Å²) in [6.07, 6.45) is 4.68. The van der Waals surface area contributed by atoms with Crippen molar-refractivity contribution in [3.8, 4) is 0 Å². The number of carbonyl (C=O) groups is 1. The van der Waals surface area contributed by atoms with Gasteiger partial charge in [-0.25, -0.2) is 0 Å². The summed E-state index contributed by atoms with van der Waals surface area (Å²) in [7, 11) is 1.72. The summed E-state index contributed by atoms with van der Waals surface area (Å²) in [5, 5.41) is 2.71. The number of amides is 1. The quantitative estimate of drug-likeness (QED) is 0.704. The Hall–Kier alpha value is -0.530. The van der Waals surface area contributed by atoms with Gasteiger partial charge in [0.15, 0.2) is 0 Å². The Balaban J connectivity index is 0.000000671. The normalized spacial score (nSPS) is 26.2. The van der Waals surface area contributed by atoms with E-state index in [2.05, 4.69) is 12.2 Å². The lowest BCUT2D eigenvalue weighted by Gasteiger charge is -2.07. The van der Waals surface area contributed by atoms with Crippen molar-refractivity contribution < 1.29 is 4.79 Å². The van der Waals surface area contributed by atoms with Crippen LogP contribution in [0.1, 0.15) is 46.5 Å². The highest BCUT2D eigenvalue weighted by atomic mass is 16.1. The van der Waals surface area contributed by atoms with Crippen LogP contribution in [0.4, 0.5) is 0 Å². The van der Waals surface area contributed by atoms with Gasteiger partial charge in [0.25, 0.3) is 0 Å². The molecule has 0 radical (unpaired) electrons. The smallest absolute Gasteiger partial charge is 0.222 e. The minimum atomic E-state index is 0.237. The Morgan fingerprint density at radius 2 is 2.00 bits per heavy atom. The maximum absolute atomic E-state index is 11.2. The summed E-state index contributed by atoms with van der Waals surface area (Å²) in [6, 6.07) is 0. The maximum atomic E-state index is 11.2. The molecule has 1 rings (SSSR count). The summed E-state index contributed by atoms with van der Waals surface area (Å²) in [4.78, 5) is 11.2. The SMILES string of the molecule is CC.CCC1CCC(C(=O)NC)C1. The highest BCUT2D eigenvalue weighted by Crippen LogP contribution is 2.32. The maximum Gasteiger partial charge on any atom is 0.222 e. The summed E-state index contributed by atoms with van der Waals surface area (Å²) in [5.74, 6) is 1.35. The Morgan fingerprint density at radius 3 is 2.38 bits per heavy atom. The number of rotatable bonds is 2. The minimum absolute atomic E-state index is 0.237. The van der Waals surface area contributed by atoms with E-state index in [1.165, 1.54) is 12.8 Å². The third-order valence-electron chi connectivity index (χ3n) is 2.74. The van der Waals surface area contributed by atoms with Gasteiger partial charge in [0.05, 0.1) is 0 Å². The van der Waals surface area contributed by atoms with E-state index in [1.54, 1.807) is 7.05 Å². The van der Waals surface area contributed by atoms with Crippen LogP contribution >= 0.6 is 0 Å². The van der Waals surface area contributed by atoms with Crippen LogP contribution in [0.5, 0.6) is 0 Å². The highest BCUT2D eigenvalue weighted by molar-refractivity contribution is 5.78. The molecule has 1 amide bonds. The van der Waals surface area contributed by atoms with E-state index in [0.29, 0.717) is 5.92 Å². The standard InChI is InChI=1S/C9H17NO.C2H6/c1-3-7-4-5-8(6-7)9(11)10-2;1-2/h7-8H,3-6H2,1-2H3,(H,10,11);1-2H3. The third kappa shape index (κ3) is 3.79. The van der Waals surface area contributed by atoms with Crippen molar-refractivity contribution in [2.24, 2.45) is 11.8 Å². The van der Waals surface area contributed by atoms with Crippen LogP contribution in [0.3, 0.4) is 0 Å². The second-order valence-corrected chi connectivity index (χ2v) is 3.40. The molecular formula is C11H23NO. The van der Waals surface area contributed by atoms with Crippen molar-refractivity contribution >= 4 is 5.91 Å². The second kappa shape index (κ2) is 6.93. The fourth-order valence-electron chi connectivity index (χ4n) is 1.89. The van der Waals surface area contributed by atoms with Crippen LogP contribution in [0.15, 0.2) is 0 Å². The van der Waals surface area contributed by atoms with E-state index in [9.17, 15) is 4.79 Å². The lowest BCUT2D eigenvalue weighted by molar-refractivity contribution is -0.124. The molecule has 0 aliphatic heterocycles. The van der Waals surface area contributed by atoms with E-state index in [4.69, 9.17) is 0 Å². The van der Waals surface area contributed by atoms with Crippen LogP contribution in [0.2, 0.25) is 0 Å². The first-order valence-electron chi connectivity index (χ1n) is 5.49. The van der Waals surface area contributed by atoms with Gasteiger partial charge in [0.1, 0.15) is 0 Å². The lowest BCUT2D eigenvalue weighted by atomic mass is 10.0. The summed E-state index contributed by atoms with van der Waals surface area (Å²) < 4.78 is 0. The van der Waals surface area contributed by atoms with Gasteiger partial charge in [0, 0.05) is 13.0 Å². The zero-order valence-corrected chi connectivity index (χ0v) is 9.39. The summed E-state index contributed by atoms with van der Waals surface area (Å²) >= 11 is 0. The average Bonchev–Trinajstić information content (AvgIpc) is 2.68. The molecule has 0 aromatic carbocycles. The molecular weight excluding hydrogens is 162 g/mol. The molecule has 0 saturated heterocycles. The zero-order valence-electron chi connectivity index (χ0n) is 9.39. The van der Waals surface area contributed by atoms with Gasteiger partial charge >= 0.3 is 0 Å². The molecule has 78 valence electrons. The topological polar surface area (TPSA) is 29.1 Å². The van der Waals surface area contributed by atoms with E-state index < -0.39 is 0 Å². The third-order valence-corrected chi connectivity index (χ3v) is 2.74. The first-order chi connectivity index (χ1) is 6.27. The molecule has 2 atom stereocenters. The van der Waals surface area contributed by atoms with Crippen molar-refractivity contribution in [1.29, 1.82) is 0 Å². The second-order valence-electron chi connectivity index (χ2n) is 3.40. The van der Waals surface area contributed by atoms with Crippen LogP contribution in [-0.4, -0.2) is 13.0 Å². The van der Waals surface area contributed by atoms with Crippen LogP contribution < -0.4 is 5.32 Å². The minimum Gasteiger partial charge on any atom is -0.359 e. The van der Waals surface area contributed by atoms with Gasteiger partial charge in [-0.1, -0.05) is 27.2 Å². The van der Waals surface area contributed by atoms with E-state index in [-0.39, 0.29) is 5.91 Å². The largest absolute Gasteiger partial charge is 0.359 e. The number of carbonyl (C=O) groups excluding carboxylic acids is 1. The van der Waals surface area contributed by atoms with E-state index in [0.717, 1.165) is 18.8 Å².